The molecule has 1 aromatic carbocycles. The van der Waals surface area contributed by atoms with Crippen LogP contribution in [0.2, 0.25) is 0 Å². The number of anilines is 1. The molecule has 0 spiro atoms. The van der Waals surface area contributed by atoms with E-state index in [-0.39, 0.29) is 12.6 Å². The van der Waals surface area contributed by atoms with Crippen molar-refractivity contribution in [1.82, 2.24) is 24.5 Å². The van der Waals surface area contributed by atoms with E-state index in [1.54, 1.807) is 29.4 Å². The van der Waals surface area contributed by atoms with Gasteiger partial charge in [-0.2, -0.15) is 5.26 Å². The Morgan fingerprint density at radius 2 is 1.97 bits per heavy atom. The Hall–Kier alpha value is -4.46. The molecule has 0 bridgehead atoms. The second-order valence-electron chi connectivity index (χ2n) is 8.81. The van der Waals surface area contributed by atoms with E-state index in [2.05, 4.69) is 26.3 Å². The second-order valence-corrected chi connectivity index (χ2v) is 8.81. The maximum absolute atomic E-state index is 10.4. The summed E-state index contributed by atoms with van der Waals surface area (Å²) in [6.45, 7) is 4.26. The third kappa shape index (κ3) is 5.78. The van der Waals surface area contributed by atoms with Gasteiger partial charge in [-0.05, 0) is 25.5 Å². The van der Waals surface area contributed by atoms with E-state index in [9.17, 15) is 5.11 Å². The molecular formula is C26H29N9O. The highest BCUT2D eigenvalue weighted by atomic mass is 16.3. The number of hydrazine groups is 1. The number of nitrogens with zero attached hydrogens (tertiary/aromatic N) is 6. The first-order valence-electron chi connectivity index (χ1n) is 11.5. The van der Waals surface area contributed by atoms with Crippen LogP contribution in [0.15, 0.2) is 67.4 Å². The summed E-state index contributed by atoms with van der Waals surface area (Å²) in [7, 11) is 0. The van der Waals surface area contributed by atoms with Gasteiger partial charge in [-0.15, -0.1) is 0 Å². The van der Waals surface area contributed by atoms with Gasteiger partial charge in [0, 0.05) is 48.4 Å². The molecule has 6 N–H and O–H groups in total. The maximum Gasteiger partial charge on any atom is 0.165 e. The smallest absolute Gasteiger partial charge is 0.165 e. The van der Waals surface area contributed by atoms with Gasteiger partial charge in [-0.25, -0.2) is 20.8 Å². The molecule has 10 heteroatoms. The van der Waals surface area contributed by atoms with Gasteiger partial charge in [-0.1, -0.05) is 30.3 Å². The van der Waals surface area contributed by atoms with Crippen molar-refractivity contribution in [3.63, 3.8) is 0 Å². The van der Waals surface area contributed by atoms with Crippen molar-refractivity contribution in [3.8, 4) is 11.9 Å². The summed E-state index contributed by atoms with van der Waals surface area (Å²) in [5, 5.41) is 24.3. The number of nitrogens with one attached hydrogen (secondary N) is 1. The minimum absolute atomic E-state index is 0.129. The van der Waals surface area contributed by atoms with Crippen LogP contribution < -0.4 is 16.9 Å². The molecule has 3 heterocycles. The molecule has 0 amide bonds. The van der Waals surface area contributed by atoms with E-state index in [0.29, 0.717) is 40.2 Å². The zero-order valence-electron chi connectivity index (χ0n) is 20.2. The normalized spacial score (nSPS) is 12.5. The van der Waals surface area contributed by atoms with Gasteiger partial charge < -0.3 is 21.2 Å². The molecule has 0 saturated heterocycles. The molecule has 4 aromatic rings. The molecule has 3 aromatic heterocycles. The van der Waals surface area contributed by atoms with Gasteiger partial charge in [0.1, 0.15) is 23.7 Å². The lowest BCUT2D eigenvalue weighted by molar-refractivity contribution is 0.135. The Kier molecular flexibility index (Phi) is 7.44. The van der Waals surface area contributed by atoms with E-state index in [1.165, 1.54) is 11.2 Å². The number of benzene rings is 1. The topological polar surface area (TPSA) is 155 Å². The lowest BCUT2D eigenvalue weighted by atomic mass is 10.1. The highest BCUT2D eigenvalue weighted by Crippen LogP contribution is 2.25. The number of nitriles is 1. The Balaban J connectivity index is 1.58. The fraction of sp³-hybridized carbons (Fsp3) is 0.231. The van der Waals surface area contributed by atoms with E-state index in [4.69, 9.17) is 16.8 Å². The SMILES string of the molecule is CC(C)Nc1cc(-n2cnc3cc(C#N)cnc32)ncc1/C(N)=C/N(N)CC(O)Cc1ccccc1. The van der Waals surface area contributed by atoms with E-state index in [1.807, 2.05) is 50.2 Å². The number of pyridine rings is 2. The van der Waals surface area contributed by atoms with Crippen molar-refractivity contribution in [2.45, 2.75) is 32.4 Å². The minimum atomic E-state index is -0.654. The summed E-state index contributed by atoms with van der Waals surface area (Å²) < 4.78 is 1.75. The van der Waals surface area contributed by atoms with Crippen LogP contribution in [-0.4, -0.2) is 48.3 Å². The number of nitrogens with two attached hydrogens (primary N) is 2. The van der Waals surface area contributed by atoms with Crippen LogP contribution in [0.25, 0.3) is 22.7 Å². The van der Waals surface area contributed by atoms with Crippen LogP contribution in [-0.2, 0) is 6.42 Å². The van der Waals surface area contributed by atoms with Crippen LogP contribution in [0.3, 0.4) is 0 Å². The van der Waals surface area contributed by atoms with Gasteiger partial charge >= 0.3 is 0 Å². The zero-order valence-corrected chi connectivity index (χ0v) is 20.2. The lowest BCUT2D eigenvalue weighted by Crippen LogP contribution is -2.35. The summed E-state index contributed by atoms with van der Waals surface area (Å²) in [5.74, 6) is 6.74. The van der Waals surface area contributed by atoms with Crippen molar-refractivity contribution in [1.29, 1.82) is 5.26 Å². The molecule has 0 saturated carbocycles. The largest absolute Gasteiger partial charge is 0.397 e. The Bertz CT molecular complexity index is 1410. The van der Waals surface area contributed by atoms with Gasteiger partial charge in [0.05, 0.1) is 23.9 Å². The molecule has 0 aliphatic rings. The molecule has 1 atom stereocenters. The summed E-state index contributed by atoms with van der Waals surface area (Å²) in [6.07, 6.45) is 6.21. The lowest BCUT2D eigenvalue weighted by Gasteiger charge is -2.21. The number of imidazole rings is 1. The highest BCUT2D eigenvalue weighted by molar-refractivity contribution is 5.77. The van der Waals surface area contributed by atoms with Gasteiger partial charge in [0.15, 0.2) is 5.65 Å². The predicted molar refractivity (Wildman–Crippen MR) is 139 cm³/mol. The Morgan fingerprint density at radius 3 is 2.69 bits per heavy atom. The fourth-order valence-electron chi connectivity index (χ4n) is 3.86. The van der Waals surface area contributed by atoms with E-state index < -0.39 is 6.10 Å². The molecule has 4 rings (SSSR count). The summed E-state index contributed by atoms with van der Waals surface area (Å²) in [6, 6.07) is 15.5. The molecule has 1 unspecified atom stereocenters. The average molecular weight is 484 g/mol. The molecule has 0 aliphatic heterocycles. The third-order valence-corrected chi connectivity index (χ3v) is 5.45. The third-order valence-electron chi connectivity index (χ3n) is 5.45. The van der Waals surface area contributed by atoms with Gasteiger partial charge in [0.2, 0.25) is 0 Å². The fourth-order valence-corrected chi connectivity index (χ4v) is 3.86. The van der Waals surface area contributed by atoms with E-state index in [0.717, 1.165) is 11.3 Å². The molecule has 184 valence electrons. The number of aliphatic hydroxyl groups is 1. The number of fused-ring (bicyclic) bond motifs is 1. The highest BCUT2D eigenvalue weighted by Gasteiger charge is 2.15. The molecule has 0 aliphatic carbocycles. The second kappa shape index (κ2) is 10.9. The molecule has 10 nitrogen and oxygen atoms in total. The number of aromatic nitrogens is 4. The van der Waals surface area contributed by atoms with Crippen molar-refractivity contribution in [2.75, 3.05) is 11.9 Å². The zero-order chi connectivity index (χ0) is 25.7. The Labute approximate surface area is 209 Å². The van der Waals surface area contributed by atoms with Crippen LogP contribution in [0.1, 0.15) is 30.5 Å². The van der Waals surface area contributed by atoms with Crippen LogP contribution >= 0.6 is 0 Å². The van der Waals surface area contributed by atoms with Crippen LogP contribution in [0.4, 0.5) is 5.69 Å². The average Bonchev–Trinajstić information content (AvgIpc) is 3.27. The van der Waals surface area contributed by atoms with Crippen molar-refractivity contribution >= 4 is 22.5 Å². The number of rotatable bonds is 9. The summed E-state index contributed by atoms with van der Waals surface area (Å²) in [4.78, 5) is 13.3. The predicted octanol–water partition coefficient (Wildman–Crippen LogP) is 2.54. The van der Waals surface area contributed by atoms with E-state index >= 15 is 0 Å². The van der Waals surface area contributed by atoms with Gasteiger partial charge in [0.25, 0.3) is 0 Å². The molecule has 0 radical (unpaired) electrons. The van der Waals surface area contributed by atoms with Crippen molar-refractivity contribution < 1.29 is 5.11 Å². The summed E-state index contributed by atoms with van der Waals surface area (Å²) >= 11 is 0. The van der Waals surface area contributed by atoms with Crippen LogP contribution in [0.5, 0.6) is 0 Å². The quantitative estimate of drug-likeness (QED) is 0.208. The van der Waals surface area contributed by atoms with Crippen molar-refractivity contribution in [2.24, 2.45) is 11.6 Å². The number of aliphatic hydroxyl groups excluding tert-OH is 1. The number of hydrogen-bond acceptors (Lipinski definition) is 9. The maximum atomic E-state index is 10.4. The first-order chi connectivity index (χ1) is 17.3. The standard InChI is InChI=1S/C26H29N9O/c1-17(2)33-23-10-25(35-16-32-24-9-19(11-27)12-31-26(24)35)30-13-21(23)22(28)15-34(29)14-20(36)8-18-6-4-3-5-7-18/h3-7,9-10,12-13,15-17,20,36H,8,14,28-29H2,1-2H3,(H,30,33)/b22-15-. The summed E-state index contributed by atoms with van der Waals surface area (Å²) in [5.41, 5.74) is 10.9. The van der Waals surface area contributed by atoms with Crippen LogP contribution in [0, 0.1) is 11.3 Å². The monoisotopic (exact) mass is 483 g/mol. The first-order valence-corrected chi connectivity index (χ1v) is 11.5. The first kappa shape index (κ1) is 24.7. The molecule has 36 heavy (non-hydrogen) atoms. The molecular weight excluding hydrogens is 454 g/mol. The molecule has 0 fully saturated rings. The van der Waals surface area contributed by atoms with Crippen molar-refractivity contribution in [3.05, 3.63) is 84.1 Å². The number of hydrogen-bond donors (Lipinski definition) is 4. The Morgan fingerprint density at radius 1 is 1.19 bits per heavy atom. The minimum Gasteiger partial charge on any atom is -0.397 e. The van der Waals surface area contributed by atoms with Gasteiger partial charge in [-0.3, -0.25) is 4.57 Å².